The van der Waals surface area contributed by atoms with Gasteiger partial charge in [0.25, 0.3) is 0 Å². The van der Waals surface area contributed by atoms with Crippen LogP contribution in [0, 0.1) is 6.92 Å². The summed E-state index contributed by atoms with van der Waals surface area (Å²) in [6, 6.07) is 4.03. The highest BCUT2D eigenvalue weighted by Crippen LogP contribution is 2.44. The molecule has 21 heavy (non-hydrogen) atoms. The first-order valence-electron chi connectivity index (χ1n) is 7.43. The molecule has 0 aromatic carbocycles. The van der Waals surface area contributed by atoms with Crippen molar-refractivity contribution in [1.82, 2.24) is 15.0 Å². The van der Waals surface area contributed by atoms with E-state index in [1.807, 2.05) is 25.3 Å². The lowest BCUT2D eigenvalue weighted by Gasteiger charge is -2.12. The molecule has 0 amide bonds. The molecule has 1 aliphatic rings. The first kappa shape index (κ1) is 14.4. The number of rotatable bonds is 5. The summed E-state index contributed by atoms with van der Waals surface area (Å²) in [5.74, 6) is 2.22. The molecular formula is C16H19BrN4. The van der Waals surface area contributed by atoms with Crippen LogP contribution in [0.1, 0.15) is 43.5 Å². The summed E-state index contributed by atoms with van der Waals surface area (Å²) in [4.78, 5) is 13.8. The van der Waals surface area contributed by atoms with Gasteiger partial charge in [-0.15, -0.1) is 0 Å². The second kappa shape index (κ2) is 6.10. The molecule has 0 aliphatic heterocycles. The Morgan fingerprint density at radius 1 is 1.29 bits per heavy atom. The second-order valence-corrected chi connectivity index (χ2v) is 6.28. The van der Waals surface area contributed by atoms with E-state index in [0.29, 0.717) is 5.92 Å². The maximum Gasteiger partial charge on any atom is 0.163 e. The number of pyridine rings is 1. The lowest BCUT2D eigenvalue weighted by atomic mass is 10.2. The fraction of sp³-hybridized carbons (Fsp3) is 0.438. The van der Waals surface area contributed by atoms with Gasteiger partial charge in [-0.05, 0) is 54.2 Å². The molecule has 2 heterocycles. The van der Waals surface area contributed by atoms with Crippen LogP contribution in [-0.2, 0) is 0 Å². The quantitative estimate of drug-likeness (QED) is 0.876. The number of aryl methyl sites for hydroxylation is 1. The molecule has 0 atom stereocenters. The van der Waals surface area contributed by atoms with Crippen LogP contribution >= 0.6 is 15.9 Å². The average molecular weight is 347 g/mol. The molecule has 2 aromatic heterocycles. The highest BCUT2D eigenvalue weighted by atomic mass is 79.9. The first-order chi connectivity index (χ1) is 10.2. The minimum atomic E-state index is 0.571. The van der Waals surface area contributed by atoms with E-state index < -0.39 is 0 Å². The number of nitrogens with one attached hydrogen (secondary N) is 1. The van der Waals surface area contributed by atoms with Gasteiger partial charge in [-0.3, -0.25) is 4.98 Å². The number of nitrogens with zero attached hydrogens (tertiary/aromatic N) is 3. The third kappa shape index (κ3) is 3.23. The fourth-order valence-corrected chi connectivity index (χ4v) is 2.82. The number of hydrogen-bond acceptors (Lipinski definition) is 4. The Hall–Kier alpha value is -1.49. The Morgan fingerprint density at radius 3 is 2.71 bits per heavy atom. The maximum absolute atomic E-state index is 4.76. The smallest absolute Gasteiger partial charge is 0.163 e. The third-order valence-electron chi connectivity index (χ3n) is 3.55. The zero-order valence-corrected chi connectivity index (χ0v) is 13.9. The van der Waals surface area contributed by atoms with Crippen molar-refractivity contribution in [3.8, 4) is 11.4 Å². The number of anilines is 1. The highest BCUT2D eigenvalue weighted by molar-refractivity contribution is 9.10. The molecular weight excluding hydrogens is 328 g/mol. The number of hydrogen-bond donors (Lipinski definition) is 1. The van der Waals surface area contributed by atoms with Crippen molar-refractivity contribution in [3.63, 3.8) is 0 Å². The molecule has 1 fully saturated rings. The van der Waals surface area contributed by atoms with E-state index in [1.165, 1.54) is 12.8 Å². The molecule has 1 saturated carbocycles. The van der Waals surface area contributed by atoms with Gasteiger partial charge in [0.05, 0.1) is 10.2 Å². The average Bonchev–Trinajstić information content (AvgIpc) is 3.32. The zero-order valence-electron chi connectivity index (χ0n) is 12.4. The predicted octanol–water partition coefficient (Wildman–Crippen LogP) is 4.31. The summed E-state index contributed by atoms with van der Waals surface area (Å²) in [7, 11) is 0. The van der Waals surface area contributed by atoms with Crippen molar-refractivity contribution in [1.29, 1.82) is 0 Å². The zero-order chi connectivity index (χ0) is 14.8. The van der Waals surface area contributed by atoms with Crippen molar-refractivity contribution in [2.24, 2.45) is 0 Å². The van der Waals surface area contributed by atoms with E-state index in [4.69, 9.17) is 4.98 Å². The Balaban J connectivity index is 2.03. The van der Waals surface area contributed by atoms with E-state index in [-0.39, 0.29) is 0 Å². The minimum Gasteiger partial charge on any atom is -0.369 e. The third-order valence-corrected chi connectivity index (χ3v) is 4.33. The first-order valence-corrected chi connectivity index (χ1v) is 8.22. The van der Waals surface area contributed by atoms with E-state index in [2.05, 4.69) is 38.1 Å². The molecule has 0 spiro atoms. The summed E-state index contributed by atoms with van der Waals surface area (Å²) < 4.78 is 1.02. The van der Waals surface area contributed by atoms with Crippen LogP contribution in [0.15, 0.2) is 22.8 Å². The van der Waals surface area contributed by atoms with E-state index in [9.17, 15) is 0 Å². The topological polar surface area (TPSA) is 50.7 Å². The van der Waals surface area contributed by atoms with Gasteiger partial charge in [-0.2, -0.15) is 0 Å². The Bertz CT molecular complexity index is 635. The van der Waals surface area contributed by atoms with Gasteiger partial charge in [-0.1, -0.05) is 6.92 Å². The van der Waals surface area contributed by atoms with Gasteiger partial charge >= 0.3 is 0 Å². The molecule has 2 aromatic rings. The van der Waals surface area contributed by atoms with Gasteiger partial charge in [0.1, 0.15) is 5.82 Å². The van der Waals surface area contributed by atoms with Gasteiger partial charge < -0.3 is 5.32 Å². The van der Waals surface area contributed by atoms with Gasteiger partial charge in [0.2, 0.25) is 0 Å². The standard InChI is InChI=1S/C16H19BrN4/c1-3-8-18-16-13(17)14(11-6-7-11)20-15(21-16)12-5-4-10(2)19-9-12/h4-5,9,11H,3,6-8H2,1-2H3,(H,18,20,21). The van der Waals surface area contributed by atoms with Crippen molar-refractivity contribution >= 4 is 21.7 Å². The van der Waals surface area contributed by atoms with Gasteiger partial charge in [-0.25, -0.2) is 9.97 Å². The van der Waals surface area contributed by atoms with Crippen LogP contribution in [0.4, 0.5) is 5.82 Å². The summed E-state index contributed by atoms with van der Waals surface area (Å²) in [5.41, 5.74) is 3.09. The van der Waals surface area contributed by atoms with E-state index >= 15 is 0 Å². The molecule has 5 heteroatoms. The molecule has 4 nitrogen and oxygen atoms in total. The molecule has 0 saturated heterocycles. The van der Waals surface area contributed by atoms with Crippen LogP contribution in [0.2, 0.25) is 0 Å². The van der Waals surface area contributed by atoms with Crippen molar-refractivity contribution < 1.29 is 0 Å². The Labute approximate surface area is 133 Å². The predicted molar refractivity (Wildman–Crippen MR) is 88.5 cm³/mol. The molecule has 1 aliphatic carbocycles. The lowest BCUT2D eigenvalue weighted by Crippen LogP contribution is -2.07. The SMILES string of the molecule is CCCNc1nc(-c2ccc(C)nc2)nc(C2CC2)c1Br. The van der Waals surface area contributed by atoms with Crippen LogP contribution in [0.25, 0.3) is 11.4 Å². The maximum atomic E-state index is 4.76. The molecule has 1 N–H and O–H groups in total. The summed E-state index contributed by atoms with van der Waals surface area (Å²) >= 11 is 3.67. The lowest BCUT2D eigenvalue weighted by molar-refractivity contribution is 0.939. The van der Waals surface area contributed by atoms with Crippen LogP contribution in [-0.4, -0.2) is 21.5 Å². The van der Waals surface area contributed by atoms with E-state index in [1.54, 1.807) is 0 Å². The largest absolute Gasteiger partial charge is 0.369 e. The monoisotopic (exact) mass is 346 g/mol. The Morgan fingerprint density at radius 2 is 2.10 bits per heavy atom. The highest BCUT2D eigenvalue weighted by Gasteiger charge is 2.29. The second-order valence-electron chi connectivity index (χ2n) is 5.48. The van der Waals surface area contributed by atoms with Gasteiger partial charge in [0, 0.05) is 29.9 Å². The minimum absolute atomic E-state index is 0.571. The van der Waals surface area contributed by atoms with Crippen LogP contribution in [0.3, 0.4) is 0 Å². The van der Waals surface area contributed by atoms with Crippen LogP contribution < -0.4 is 5.32 Å². The van der Waals surface area contributed by atoms with Crippen molar-refractivity contribution in [2.45, 2.75) is 39.0 Å². The normalized spacial score (nSPS) is 14.2. The molecule has 0 radical (unpaired) electrons. The number of halogens is 1. The van der Waals surface area contributed by atoms with Crippen molar-refractivity contribution in [2.75, 3.05) is 11.9 Å². The van der Waals surface area contributed by atoms with Crippen LogP contribution in [0.5, 0.6) is 0 Å². The molecule has 3 rings (SSSR count). The van der Waals surface area contributed by atoms with E-state index in [0.717, 1.165) is 46.0 Å². The summed E-state index contributed by atoms with van der Waals surface area (Å²) in [5, 5.41) is 3.39. The Kier molecular flexibility index (Phi) is 4.19. The van der Waals surface area contributed by atoms with Gasteiger partial charge in [0.15, 0.2) is 5.82 Å². The summed E-state index contributed by atoms with van der Waals surface area (Å²) in [6.45, 7) is 5.04. The molecule has 110 valence electrons. The molecule has 0 unspecified atom stereocenters. The summed E-state index contributed by atoms with van der Waals surface area (Å²) in [6.07, 6.45) is 5.35. The molecule has 0 bridgehead atoms. The number of aromatic nitrogens is 3. The fourth-order valence-electron chi connectivity index (χ4n) is 2.18. The van der Waals surface area contributed by atoms with Crippen molar-refractivity contribution in [3.05, 3.63) is 34.2 Å².